The van der Waals surface area contributed by atoms with Gasteiger partial charge in [0.1, 0.15) is 5.82 Å². The van der Waals surface area contributed by atoms with Crippen molar-refractivity contribution in [3.8, 4) is 0 Å². The van der Waals surface area contributed by atoms with E-state index in [1.165, 1.54) is 12.3 Å². The number of aliphatic carboxylic acids is 1. The van der Waals surface area contributed by atoms with Crippen molar-refractivity contribution in [1.82, 2.24) is 10.3 Å². The van der Waals surface area contributed by atoms with Gasteiger partial charge in [0.2, 0.25) is 0 Å². The van der Waals surface area contributed by atoms with Crippen LogP contribution in [0.2, 0.25) is 0 Å². The zero-order valence-electron chi connectivity index (χ0n) is 10.7. The number of nitrogens with zero attached hydrogens (tertiary/aromatic N) is 1. The first-order valence-electron chi connectivity index (χ1n) is 6.03. The van der Waals surface area contributed by atoms with Gasteiger partial charge in [0.25, 0.3) is 0 Å². The zero-order valence-corrected chi connectivity index (χ0v) is 10.7. The molecule has 0 aliphatic carbocycles. The van der Waals surface area contributed by atoms with Crippen LogP contribution in [0.3, 0.4) is 0 Å². The number of urea groups is 1. The number of carbonyl (C=O) groups is 2. The number of nitrogens with one attached hydrogen (secondary N) is 2. The molecule has 0 bridgehead atoms. The normalized spacial score (nSPS) is 10.4. The number of pyridine rings is 1. The van der Waals surface area contributed by atoms with Gasteiger partial charge in [-0.2, -0.15) is 0 Å². The second-order valence-corrected chi connectivity index (χ2v) is 3.88. The summed E-state index contributed by atoms with van der Waals surface area (Å²) in [5.74, 6) is -0.648. The third-order valence-corrected chi connectivity index (χ3v) is 2.26. The molecule has 3 N–H and O–H groups in total. The molecule has 0 unspecified atom stereocenters. The monoisotopic (exact) mass is 263 g/mol. The Kier molecular flexibility index (Phi) is 6.08. The average molecular weight is 263 g/mol. The van der Waals surface area contributed by atoms with Crippen LogP contribution < -0.4 is 10.6 Å². The van der Waals surface area contributed by atoms with Gasteiger partial charge < -0.3 is 10.4 Å². The summed E-state index contributed by atoms with van der Waals surface area (Å²) in [4.78, 5) is 25.9. The summed E-state index contributed by atoms with van der Waals surface area (Å²) in [6, 6.07) is 2.93. The van der Waals surface area contributed by atoms with Crippen LogP contribution in [0.25, 0.3) is 6.08 Å². The highest BCUT2D eigenvalue weighted by Gasteiger charge is 2.02. The van der Waals surface area contributed by atoms with Crippen LogP contribution in [0.4, 0.5) is 10.6 Å². The topological polar surface area (TPSA) is 91.3 Å². The van der Waals surface area contributed by atoms with Gasteiger partial charge in [0.15, 0.2) is 0 Å². The molecule has 0 saturated carbocycles. The molecule has 6 nitrogen and oxygen atoms in total. The second-order valence-electron chi connectivity index (χ2n) is 3.88. The molecule has 2 amide bonds. The van der Waals surface area contributed by atoms with E-state index in [9.17, 15) is 9.59 Å². The van der Waals surface area contributed by atoms with Crippen molar-refractivity contribution in [2.75, 3.05) is 11.9 Å². The minimum Gasteiger partial charge on any atom is -0.478 e. The molecule has 6 heteroatoms. The quantitative estimate of drug-likeness (QED) is 0.541. The fourth-order valence-corrected chi connectivity index (χ4v) is 1.33. The van der Waals surface area contributed by atoms with Crippen molar-refractivity contribution < 1.29 is 14.7 Å². The Balaban J connectivity index is 2.56. The Morgan fingerprint density at radius 3 is 2.95 bits per heavy atom. The lowest BCUT2D eigenvalue weighted by molar-refractivity contribution is -0.131. The number of aromatic nitrogens is 1. The molecule has 1 aromatic rings. The fourth-order valence-electron chi connectivity index (χ4n) is 1.33. The maximum atomic E-state index is 11.5. The summed E-state index contributed by atoms with van der Waals surface area (Å²) in [5.41, 5.74) is 0.654. The summed E-state index contributed by atoms with van der Waals surface area (Å²) < 4.78 is 0. The van der Waals surface area contributed by atoms with Crippen LogP contribution in [-0.4, -0.2) is 28.6 Å². The van der Waals surface area contributed by atoms with Gasteiger partial charge in [-0.15, -0.1) is 0 Å². The van der Waals surface area contributed by atoms with E-state index in [0.29, 0.717) is 17.9 Å². The molecular weight excluding hydrogens is 246 g/mol. The Morgan fingerprint density at radius 2 is 2.26 bits per heavy atom. The number of unbranched alkanes of at least 4 members (excludes halogenated alkanes) is 1. The first-order chi connectivity index (χ1) is 9.11. The van der Waals surface area contributed by atoms with E-state index in [-0.39, 0.29) is 6.03 Å². The van der Waals surface area contributed by atoms with Gasteiger partial charge in [0.05, 0.1) is 0 Å². The van der Waals surface area contributed by atoms with Gasteiger partial charge in [-0.05, 0) is 30.2 Å². The third-order valence-electron chi connectivity index (χ3n) is 2.26. The highest BCUT2D eigenvalue weighted by molar-refractivity contribution is 5.89. The van der Waals surface area contributed by atoms with E-state index < -0.39 is 5.97 Å². The molecule has 0 fully saturated rings. The zero-order chi connectivity index (χ0) is 14.1. The molecule has 1 heterocycles. The van der Waals surface area contributed by atoms with Crippen LogP contribution in [0, 0.1) is 0 Å². The Hall–Kier alpha value is -2.37. The van der Waals surface area contributed by atoms with Gasteiger partial charge in [-0.25, -0.2) is 14.6 Å². The number of hydrogen-bond acceptors (Lipinski definition) is 3. The van der Waals surface area contributed by atoms with Gasteiger partial charge in [0, 0.05) is 18.8 Å². The molecule has 102 valence electrons. The molecule has 0 aliphatic rings. The fraction of sp³-hybridized carbons (Fsp3) is 0.308. The summed E-state index contributed by atoms with van der Waals surface area (Å²) >= 11 is 0. The maximum Gasteiger partial charge on any atom is 0.328 e. The van der Waals surface area contributed by atoms with Crippen LogP contribution >= 0.6 is 0 Å². The minimum atomic E-state index is -1.02. The van der Waals surface area contributed by atoms with Crippen molar-refractivity contribution in [2.45, 2.75) is 19.8 Å². The third kappa shape index (κ3) is 6.21. The Bertz CT molecular complexity index is 472. The number of carboxylic acid groups (broad SMARTS) is 1. The number of anilines is 1. The van der Waals surface area contributed by atoms with Crippen LogP contribution in [0.15, 0.2) is 24.4 Å². The number of amides is 2. The lowest BCUT2D eigenvalue weighted by Crippen LogP contribution is -2.29. The standard InChI is InChI=1S/C13H17N3O3/c1-2-3-7-15-13(19)16-11-9-10(6-8-14-11)4-5-12(17)18/h4-6,8-9H,2-3,7H2,1H3,(H,17,18)(H2,14,15,16,19)/b5-4+. The largest absolute Gasteiger partial charge is 0.478 e. The predicted molar refractivity (Wildman–Crippen MR) is 72.8 cm³/mol. The van der Waals surface area contributed by atoms with Crippen LogP contribution in [0.5, 0.6) is 0 Å². The summed E-state index contributed by atoms with van der Waals surface area (Å²) in [6.07, 6.45) is 5.89. The molecule has 0 radical (unpaired) electrons. The van der Waals surface area contributed by atoms with Crippen LogP contribution in [-0.2, 0) is 4.79 Å². The predicted octanol–water partition coefficient (Wildman–Crippen LogP) is 2.10. The Morgan fingerprint density at radius 1 is 1.47 bits per heavy atom. The molecule has 0 atom stereocenters. The molecule has 0 aromatic carbocycles. The van der Waals surface area contributed by atoms with E-state index in [1.807, 2.05) is 6.92 Å². The summed E-state index contributed by atoms with van der Waals surface area (Å²) in [7, 11) is 0. The molecule has 0 saturated heterocycles. The first kappa shape index (κ1) is 14.7. The van der Waals surface area contributed by atoms with E-state index >= 15 is 0 Å². The second kappa shape index (κ2) is 7.86. The minimum absolute atomic E-state index is 0.319. The van der Waals surface area contributed by atoms with Crippen LogP contribution in [0.1, 0.15) is 25.3 Å². The van der Waals surface area contributed by atoms with Gasteiger partial charge >= 0.3 is 12.0 Å². The molecule has 0 spiro atoms. The lowest BCUT2D eigenvalue weighted by atomic mass is 10.2. The van der Waals surface area contributed by atoms with Crippen molar-refractivity contribution in [2.24, 2.45) is 0 Å². The first-order valence-corrected chi connectivity index (χ1v) is 6.03. The van der Waals surface area contributed by atoms with E-state index in [4.69, 9.17) is 5.11 Å². The summed E-state index contributed by atoms with van der Waals surface area (Å²) in [5, 5.41) is 13.8. The van der Waals surface area contributed by atoms with Crippen molar-refractivity contribution in [3.63, 3.8) is 0 Å². The average Bonchev–Trinajstić information content (AvgIpc) is 2.37. The molecule has 0 aliphatic heterocycles. The number of hydrogen-bond donors (Lipinski definition) is 3. The highest BCUT2D eigenvalue weighted by atomic mass is 16.4. The van der Waals surface area contributed by atoms with Gasteiger partial charge in [-0.1, -0.05) is 13.3 Å². The number of carbonyl (C=O) groups excluding carboxylic acids is 1. The Labute approximate surface area is 111 Å². The van der Waals surface area contributed by atoms with Crippen molar-refractivity contribution in [3.05, 3.63) is 30.0 Å². The number of carboxylic acids is 1. The van der Waals surface area contributed by atoms with E-state index in [0.717, 1.165) is 18.9 Å². The van der Waals surface area contributed by atoms with E-state index in [1.54, 1.807) is 12.1 Å². The maximum absolute atomic E-state index is 11.5. The molecule has 1 aromatic heterocycles. The lowest BCUT2D eigenvalue weighted by Gasteiger charge is -2.06. The van der Waals surface area contributed by atoms with Crippen molar-refractivity contribution >= 4 is 23.9 Å². The highest BCUT2D eigenvalue weighted by Crippen LogP contribution is 2.08. The molecule has 1 rings (SSSR count). The van der Waals surface area contributed by atoms with Crippen molar-refractivity contribution in [1.29, 1.82) is 0 Å². The number of rotatable bonds is 6. The molecular formula is C13H17N3O3. The molecule has 19 heavy (non-hydrogen) atoms. The smallest absolute Gasteiger partial charge is 0.328 e. The van der Waals surface area contributed by atoms with E-state index in [2.05, 4.69) is 15.6 Å². The SMILES string of the molecule is CCCCNC(=O)Nc1cc(/C=C/C(=O)O)ccn1. The van der Waals surface area contributed by atoms with Gasteiger partial charge in [-0.3, -0.25) is 5.32 Å². The summed E-state index contributed by atoms with van der Waals surface area (Å²) in [6.45, 7) is 2.65.